The Morgan fingerprint density at radius 2 is 2.00 bits per heavy atom. The summed E-state index contributed by atoms with van der Waals surface area (Å²) in [7, 11) is 1.32. The van der Waals surface area contributed by atoms with Crippen LogP contribution >= 0.6 is 0 Å². The van der Waals surface area contributed by atoms with Crippen molar-refractivity contribution < 1.29 is 14.6 Å². The summed E-state index contributed by atoms with van der Waals surface area (Å²) in [6.07, 6.45) is 2.36. The van der Waals surface area contributed by atoms with Crippen LogP contribution in [0.15, 0.2) is 42.5 Å². The topological polar surface area (TPSA) is 46.5 Å². The Morgan fingerprint density at radius 1 is 1.38 bits per heavy atom. The van der Waals surface area contributed by atoms with Crippen molar-refractivity contribution in [3.8, 4) is 0 Å². The lowest BCUT2D eigenvalue weighted by Gasteiger charge is -2.15. The lowest BCUT2D eigenvalue weighted by molar-refractivity contribution is -0.134. The van der Waals surface area contributed by atoms with Crippen LogP contribution in [0.4, 0.5) is 0 Å². The number of esters is 1. The molecule has 0 spiro atoms. The van der Waals surface area contributed by atoms with Crippen LogP contribution in [0, 0.1) is 5.92 Å². The zero-order valence-corrected chi connectivity index (χ0v) is 9.46. The van der Waals surface area contributed by atoms with E-state index in [1.54, 1.807) is 6.08 Å². The molecule has 0 unspecified atom stereocenters. The molecule has 86 valence electrons. The quantitative estimate of drug-likeness (QED) is 0.624. The molecule has 0 aliphatic heterocycles. The van der Waals surface area contributed by atoms with Crippen molar-refractivity contribution in [2.75, 3.05) is 7.11 Å². The Labute approximate surface area is 95.4 Å². The maximum atomic E-state index is 10.9. The highest BCUT2D eigenvalue weighted by molar-refractivity contribution is 5.81. The van der Waals surface area contributed by atoms with Crippen LogP contribution in [-0.4, -0.2) is 18.2 Å². The van der Waals surface area contributed by atoms with Gasteiger partial charge in [0.15, 0.2) is 0 Å². The van der Waals surface area contributed by atoms with Crippen molar-refractivity contribution in [3.05, 3.63) is 48.0 Å². The number of carbonyl (C=O) groups is 1. The number of benzene rings is 1. The molecule has 0 aromatic heterocycles. The van der Waals surface area contributed by atoms with Crippen molar-refractivity contribution >= 4 is 5.97 Å². The van der Waals surface area contributed by atoms with Gasteiger partial charge in [-0.25, -0.2) is 4.79 Å². The number of ether oxygens (including phenoxy) is 1. The van der Waals surface area contributed by atoms with Gasteiger partial charge in [-0.3, -0.25) is 0 Å². The SMILES string of the molecule is COC(=O)/C=C/[C@H](C)[C@@H](O)c1ccccc1. The number of hydrogen-bond donors (Lipinski definition) is 1. The second-order valence-electron chi connectivity index (χ2n) is 3.60. The average Bonchev–Trinajstić information content (AvgIpc) is 2.35. The second-order valence-corrected chi connectivity index (χ2v) is 3.60. The Kier molecular flexibility index (Phi) is 4.73. The van der Waals surface area contributed by atoms with Crippen LogP contribution in [0.1, 0.15) is 18.6 Å². The van der Waals surface area contributed by atoms with E-state index >= 15 is 0 Å². The van der Waals surface area contributed by atoms with Crippen molar-refractivity contribution in [1.82, 2.24) is 0 Å². The fraction of sp³-hybridized carbons (Fsp3) is 0.308. The predicted molar refractivity (Wildman–Crippen MR) is 61.7 cm³/mol. The predicted octanol–water partition coefficient (Wildman–Crippen LogP) is 2.09. The van der Waals surface area contributed by atoms with Gasteiger partial charge in [-0.05, 0) is 5.56 Å². The third-order valence-electron chi connectivity index (χ3n) is 2.38. The molecule has 0 saturated heterocycles. The van der Waals surface area contributed by atoms with Gasteiger partial charge in [0.2, 0.25) is 0 Å². The zero-order valence-electron chi connectivity index (χ0n) is 9.46. The van der Waals surface area contributed by atoms with Gasteiger partial charge in [-0.2, -0.15) is 0 Å². The molecule has 0 heterocycles. The van der Waals surface area contributed by atoms with Crippen LogP contribution in [0.25, 0.3) is 0 Å². The van der Waals surface area contributed by atoms with Crippen LogP contribution in [0.3, 0.4) is 0 Å². The minimum atomic E-state index is -0.609. The van der Waals surface area contributed by atoms with E-state index in [9.17, 15) is 9.90 Å². The summed E-state index contributed by atoms with van der Waals surface area (Å²) >= 11 is 0. The van der Waals surface area contributed by atoms with Crippen LogP contribution < -0.4 is 0 Å². The summed E-state index contributed by atoms with van der Waals surface area (Å²) in [5, 5.41) is 9.97. The summed E-state index contributed by atoms with van der Waals surface area (Å²) in [4.78, 5) is 10.9. The highest BCUT2D eigenvalue weighted by Crippen LogP contribution is 2.22. The minimum absolute atomic E-state index is 0.138. The number of aliphatic hydroxyl groups is 1. The van der Waals surface area contributed by atoms with E-state index in [1.165, 1.54) is 13.2 Å². The Morgan fingerprint density at radius 3 is 2.56 bits per heavy atom. The van der Waals surface area contributed by atoms with Gasteiger partial charge in [0.1, 0.15) is 0 Å². The highest BCUT2D eigenvalue weighted by atomic mass is 16.5. The molecule has 0 aliphatic rings. The number of aliphatic hydroxyl groups excluding tert-OH is 1. The first-order valence-electron chi connectivity index (χ1n) is 5.14. The van der Waals surface area contributed by atoms with Crippen molar-refractivity contribution in [2.24, 2.45) is 5.92 Å². The monoisotopic (exact) mass is 220 g/mol. The fourth-order valence-electron chi connectivity index (χ4n) is 1.36. The fourth-order valence-corrected chi connectivity index (χ4v) is 1.36. The molecule has 0 fully saturated rings. The summed E-state index contributed by atoms with van der Waals surface area (Å²) in [5.41, 5.74) is 0.838. The van der Waals surface area contributed by atoms with Gasteiger partial charge in [0.05, 0.1) is 13.2 Å². The molecule has 0 bridgehead atoms. The molecule has 3 nitrogen and oxygen atoms in total. The summed E-state index contributed by atoms with van der Waals surface area (Å²) in [5.74, 6) is -0.548. The van der Waals surface area contributed by atoms with E-state index < -0.39 is 12.1 Å². The molecule has 2 atom stereocenters. The van der Waals surface area contributed by atoms with Crippen molar-refractivity contribution in [2.45, 2.75) is 13.0 Å². The molecule has 0 amide bonds. The van der Waals surface area contributed by atoms with Gasteiger partial charge in [0.25, 0.3) is 0 Å². The first-order chi connectivity index (χ1) is 7.65. The normalized spacial score (nSPS) is 14.7. The Bertz CT molecular complexity index is 357. The van der Waals surface area contributed by atoms with Crippen LogP contribution in [0.2, 0.25) is 0 Å². The van der Waals surface area contributed by atoms with E-state index in [-0.39, 0.29) is 5.92 Å². The summed E-state index contributed by atoms with van der Waals surface area (Å²) in [6, 6.07) is 9.34. The van der Waals surface area contributed by atoms with Crippen molar-refractivity contribution in [1.29, 1.82) is 0 Å². The summed E-state index contributed by atoms with van der Waals surface area (Å²) in [6.45, 7) is 1.84. The number of methoxy groups -OCH3 is 1. The van der Waals surface area contributed by atoms with Crippen LogP contribution in [0.5, 0.6) is 0 Å². The van der Waals surface area contributed by atoms with E-state index in [0.717, 1.165) is 5.56 Å². The molecule has 1 aromatic carbocycles. The van der Waals surface area contributed by atoms with E-state index in [0.29, 0.717) is 0 Å². The first-order valence-corrected chi connectivity index (χ1v) is 5.14. The number of rotatable bonds is 4. The zero-order chi connectivity index (χ0) is 12.0. The molecule has 1 aromatic rings. The van der Waals surface area contributed by atoms with E-state index in [1.807, 2.05) is 37.3 Å². The molecular formula is C13H16O3. The molecule has 1 N–H and O–H groups in total. The van der Waals surface area contributed by atoms with Gasteiger partial charge in [-0.15, -0.1) is 0 Å². The molecular weight excluding hydrogens is 204 g/mol. The third kappa shape index (κ3) is 3.51. The van der Waals surface area contributed by atoms with Gasteiger partial charge in [0, 0.05) is 12.0 Å². The van der Waals surface area contributed by atoms with Gasteiger partial charge in [-0.1, -0.05) is 43.3 Å². The molecule has 0 aliphatic carbocycles. The minimum Gasteiger partial charge on any atom is -0.466 e. The summed E-state index contributed by atoms with van der Waals surface area (Å²) < 4.78 is 4.48. The van der Waals surface area contributed by atoms with Gasteiger partial charge >= 0.3 is 5.97 Å². The van der Waals surface area contributed by atoms with Crippen molar-refractivity contribution in [3.63, 3.8) is 0 Å². The Hall–Kier alpha value is -1.61. The lowest BCUT2D eigenvalue weighted by Crippen LogP contribution is -2.07. The molecule has 16 heavy (non-hydrogen) atoms. The van der Waals surface area contributed by atoms with E-state index in [2.05, 4.69) is 4.74 Å². The second kappa shape index (κ2) is 6.08. The smallest absolute Gasteiger partial charge is 0.330 e. The maximum absolute atomic E-state index is 10.9. The molecule has 1 rings (SSSR count). The number of carbonyl (C=O) groups excluding carboxylic acids is 1. The third-order valence-corrected chi connectivity index (χ3v) is 2.38. The number of hydrogen-bond acceptors (Lipinski definition) is 3. The molecule has 0 radical (unpaired) electrons. The maximum Gasteiger partial charge on any atom is 0.330 e. The molecule has 0 saturated carbocycles. The average molecular weight is 220 g/mol. The van der Waals surface area contributed by atoms with E-state index in [4.69, 9.17) is 0 Å². The molecule has 3 heteroatoms. The standard InChI is InChI=1S/C13H16O3/c1-10(8-9-12(14)16-2)13(15)11-6-4-3-5-7-11/h3-10,13,15H,1-2H3/b9-8+/t10-,13+/m0/s1. The highest BCUT2D eigenvalue weighted by Gasteiger charge is 2.13. The van der Waals surface area contributed by atoms with Gasteiger partial charge < -0.3 is 9.84 Å². The lowest BCUT2D eigenvalue weighted by atomic mass is 9.97. The largest absolute Gasteiger partial charge is 0.466 e. The Balaban J connectivity index is 2.64. The van der Waals surface area contributed by atoms with Crippen LogP contribution in [-0.2, 0) is 9.53 Å². The first kappa shape index (κ1) is 12.5.